The van der Waals surface area contributed by atoms with E-state index in [9.17, 15) is 18.7 Å². The lowest BCUT2D eigenvalue weighted by atomic mass is 9.96. The fourth-order valence-electron chi connectivity index (χ4n) is 2.79. The van der Waals surface area contributed by atoms with Crippen LogP contribution in [0.1, 0.15) is 38.1 Å². The fourth-order valence-corrected chi connectivity index (χ4v) is 3.31. The van der Waals surface area contributed by atoms with Crippen molar-refractivity contribution in [2.45, 2.75) is 38.8 Å². The summed E-state index contributed by atoms with van der Waals surface area (Å²) in [5.41, 5.74) is 0.110. The lowest BCUT2D eigenvalue weighted by Crippen LogP contribution is -2.48. The van der Waals surface area contributed by atoms with E-state index in [0.717, 1.165) is 6.07 Å². The number of hydrogen-bond acceptors (Lipinski definition) is 2. The van der Waals surface area contributed by atoms with Gasteiger partial charge in [-0.05, 0) is 73.0 Å². The van der Waals surface area contributed by atoms with Crippen LogP contribution in [0.5, 0.6) is 0 Å². The lowest BCUT2D eigenvalue weighted by Gasteiger charge is -2.39. The zero-order chi connectivity index (χ0) is 18.8. The second-order valence-corrected chi connectivity index (χ2v) is 7.55. The molecule has 0 aliphatic heterocycles. The monoisotopic (exact) mass is 412 g/mol. The van der Waals surface area contributed by atoms with Gasteiger partial charge in [-0.15, -0.1) is 0 Å². The molecule has 0 aliphatic rings. The molecule has 0 unspecified atom stereocenters. The molecule has 1 atom stereocenters. The largest absolute Gasteiger partial charge is 0.465 e. The zero-order valence-corrected chi connectivity index (χ0v) is 15.7. The molecule has 0 saturated carbocycles. The fraction of sp³-hybridized carbons (Fsp3) is 0.333. The molecule has 0 aliphatic carbocycles. The van der Waals surface area contributed by atoms with Gasteiger partial charge < -0.3 is 5.11 Å². The summed E-state index contributed by atoms with van der Waals surface area (Å²) in [6.07, 6.45) is 0.516. The van der Waals surface area contributed by atoms with Crippen LogP contribution in [0, 0.1) is 11.6 Å². The van der Waals surface area contributed by atoms with Crippen molar-refractivity contribution in [2.75, 3.05) is 0 Å². The van der Waals surface area contributed by atoms with Crippen molar-refractivity contribution in [1.29, 1.82) is 0 Å². The summed E-state index contributed by atoms with van der Waals surface area (Å²) in [5, 5.41) is 9.75. The molecule has 134 valence electrons. The first kappa shape index (κ1) is 19.3. The molecule has 2 rings (SSSR count). The number of halogens is 3. The molecule has 0 radical (unpaired) electrons. The minimum Gasteiger partial charge on any atom is -0.465 e. The highest BCUT2D eigenvalue weighted by molar-refractivity contribution is 9.10. The van der Waals surface area contributed by atoms with E-state index in [1.165, 1.54) is 17.0 Å². The summed E-state index contributed by atoms with van der Waals surface area (Å²) in [7, 11) is 0. The molecule has 0 spiro atoms. The molecule has 0 fully saturated rings. The normalized spacial score (nSPS) is 12.7. The number of carbonyl (C=O) groups is 1. The topological polar surface area (TPSA) is 53.4 Å². The first-order chi connectivity index (χ1) is 11.6. The summed E-state index contributed by atoms with van der Waals surface area (Å²) in [4.78, 5) is 17.5. The summed E-state index contributed by atoms with van der Waals surface area (Å²) < 4.78 is 27.7. The predicted octanol–water partition coefficient (Wildman–Crippen LogP) is 5.18. The van der Waals surface area contributed by atoms with Gasteiger partial charge in [0.05, 0.1) is 11.7 Å². The first-order valence-electron chi connectivity index (χ1n) is 7.67. The van der Waals surface area contributed by atoms with Gasteiger partial charge in [0.15, 0.2) is 0 Å². The Labute approximate surface area is 153 Å². The Hall–Kier alpha value is -2.02. The summed E-state index contributed by atoms with van der Waals surface area (Å²) in [5.74, 6) is -1.40. The Balaban J connectivity index is 2.56. The zero-order valence-electron chi connectivity index (χ0n) is 14.1. The van der Waals surface area contributed by atoms with Gasteiger partial charge in [-0.2, -0.15) is 0 Å². The summed E-state index contributed by atoms with van der Waals surface area (Å²) >= 11 is 3.39. The summed E-state index contributed by atoms with van der Waals surface area (Å²) in [6.45, 7) is 5.28. The number of pyridine rings is 1. The molecule has 1 aromatic carbocycles. The molecular weight excluding hydrogens is 394 g/mol. The maximum Gasteiger partial charge on any atom is 0.408 e. The average Bonchev–Trinajstić information content (AvgIpc) is 2.44. The van der Waals surface area contributed by atoms with Crippen molar-refractivity contribution in [2.24, 2.45) is 0 Å². The van der Waals surface area contributed by atoms with E-state index in [4.69, 9.17) is 0 Å². The molecule has 2 aromatic rings. The third kappa shape index (κ3) is 4.75. The van der Waals surface area contributed by atoms with Crippen LogP contribution < -0.4 is 0 Å². The molecule has 1 aromatic heterocycles. The van der Waals surface area contributed by atoms with Gasteiger partial charge in [0.2, 0.25) is 0 Å². The maximum absolute atomic E-state index is 13.6. The van der Waals surface area contributed by atoms with Gasteiger partial charge in [-0.1, -0.05) is 0 Å². The number of benzene rings is 1. The van der Waals surface area contributed by atoms with Crippen LogP contribution >= 0.6 is 15.9 Å². The third-order valence-corrected chi connectivity index (χ3v) is 4.36. The highest BCUT2D eigenvalue weighted by Gasteiger charge is 2.36. The van der Waals surface area contributed by atoms with Gasteiger partial charge >= 0.3 is 6.09 Å². The van der Waals surface area contributed by atoms with Crippen molar-refractivity contribution in [3.63, 3.8) is 0 Å². The number of amides is 1. The average molecular weight is 413 g/mol. The Morgan fingerprint density at radius 1 is 1.28 bits per heavy atom. The molecule has 0 bridgehead atoms. The van der Waals surface area contributed by atoms with Crippen LogP contribution in [0.4, 0.5) is 13.6 Å². The van der Waals surface area contributed by atoms with Crippen LogP contribution in [-0.4, -0.2) is 26.6 Å². The van der Waals surface area contributed by atoms with Crippen molar-refractivity contribution >= 4 is 22.0 Å². The number of carboxylic acid groups (broad SMARTS) is 1. The molecule has 25 heavy (non-hydrogen) atoms. The van der Waals surface area contributed by atoms with E-state index >= 15 is 0 Å². The Kier molecular flexibility index (Phi) is 5.77. The molecule has 1 amide bonds. The number of hydrogen-bond donors (Lipinski definition) is 1. The minimum absolute atomic E-state index is 0.0911. The Bertz CT molecular complexity index is 758. The first-order valence-corrected chi connectivity index (χ1v) is 8.46. The molecule has 4 nitrogen and oxygen atoms in total. The predicted molar refractivity (Wildman–Crippen MR) is 94.4 cm³/mol. The minimum atomic E-state index is -1.13. The Morgan fingerprint density at radius 3 is 2.36 bits per heavy atom. The third-order valence-electron chi connectivity index (χ3n) is 3.69. The van der Waals surface area contributed by atoms with Crippen LogP contribution in [0.3, 0.4) is 0 Å². The van der Waals surface area contributed by atoms with E-state index in [1.54, 1.807) is 39.1 Å². The highest BCUT2D eigenvalue weighted by atomic mass is 79.9. The number of aromatic nitrogens is 1. The molecule has 0 saturated heterocycles. The maximum atomic E-state index is 13.6. The van der Waals surface area contributed by atoms with Crippen molar-refractivity contribution < 1.29 is 18.7 Å². The van der Waals surface area contributed by atoms with E-state index in [2.05, 4.69) is 20.9 Å². The van der Waals surface area contributed by atoms with Gasteiger partial charge in [0, 0.05) is 22.3 Å². The second kappa shape index (κ2) is 7.47. The smallest absolute Gasteiger partial charge is 0.408 e. The van der Waals surface area contributed by atoms with E-state index < -0.39 is 29.3 Å². The van der Waals surface area contributed by atoms with Crippen molar-refractivity contribution in [3.05, 3.63) is 63.9 Å². The van der Waals surface area contributed by atoms with Crippen LogP contribution in [0.2, 0.25) is 0 Å². The molecule has 1 heterocycles. The lowest BCUT2D eigenvalue weighted by molar-refractivity contribution is 0.0680. The van der Waals surface area contributed by atoms with Gasteiger partial charge in [0.25, 0.3) is 0 Å². The molecule has 1 N–H and O–H groups in total. The second-order valence-electron chi connectivity index (χ2n) is 6.69. The van der Waals surface area contributed by atoms with Gasteiger partial charge in [0.1, 0.15) is 11.6 Å². The number of nitrogens with zero attached hydrogens (tertiary/aromatic N) is 2. The summed E-state index contributed by atoms with van der Waals surface area (Å²) in [6, 6.07) is 5.95. The number of rotatable bonds is 4. The highest BCUT2D eigenvalue weighted by Crippen LogP contribution is 2.34. The van der Waals surface area contributed by atoms with Crippen molar-refractivity contribution in [1.82, 2.24) is 9.88 Å². The van der Waals surface area contributed by atoms with E-state index in [1.807, 2.05) is 0 Å². The van der Waals surface area contributed by atoms with Gasteiger partial charge in [-0.25, -0.2) is 13.6 Å². The standard InChI is InChI=1S/C18H19BrF2N2O2/c1-18(2,3)23(17(24)25)15(16-14(19)5-4-6-22-16)9-11-7-12(20)10-13(21)8-11/h4-8,10,15H,9H2,1-3H3,(H,24,25)/t15-/m0/s1. The van der Waals surface area contributed by atoms with Gasteiger partial charge in [-0.3, -0.25) is 9.88 Å². The molecular formula is C18H19BrF2N2O2. The molecule has 7 heteroatoms. The van der Waals surface area contributed by atoms with Crippen molar-refractivity contribution in [3.8, 4) is 0 Å². The quantitative estimate of drug-likeness (QED) is 0.751. The van der Waals surface area contributed by atoms with Crippen LogP contribution in [0.25, 0.3) is 0 Å². The Morgan fingerprint density at radius 2 is 1.88 bits per heavy atom. The van der Waals surface area contributed by atoms with Crippen LogP contribution in [0.15, 0.2) is 41.0 Å². The van der Waals surface area contributed by atoms with Crippen LogP contribution in [-0.2, 0) is 6.42 Å². The van der Waals surface area contributed by atoms with E-state index in [0.29, 0.717) is 15.7 Å². The van der Waals surface area contributed by atoms with E-state index in [-0.39, 0.29) is 6.42 Å². The SMILES string of the molecule is CC(C)(C)N(C(=O)O)[C@@H](Cc1cc(F)cc(F)c1)c1ncccc1Br.